The minimum absolute atomic E-state index is 0.382. The fraction of sp³-hybridized carbons (Fsp3) is 0.188. The number of ether oxygens (including phenoxy) is 1. The van der Waals surface area contributed by atoms with E-state index in [-0.39, 0.29) is 0 Å². The Balaban J connectivity index is 1.74. The van der Waals surface area contributed by atoms with E-state index in [0.717, 1.165) is 34.7 Å². The van der Waals surface area contributed by atoms with Crippen LogP contribution >= 0.6 is 0 Å². The molecule has 0 saturated heterocycles. The number of anilines is 1. The van der Waals surface area contributed by atoms with Crippen LogP contribution in [0.25, 0.3) is 10.9 Å². The second kappa shape index (κ2) is 6.17. The zero-order chi connectivity index (χ0) is 14.5. The van der Waals surface area contributed by atoms with Crippen LogP contribution in [0.5, 0.6) is 5.75 Å². The summed E-state index contributed by atoms with van der Waals surface area (Å²) < 4.78 is 5.84. The lowest BCUT2D eigenvalue weighted by molar-refractivity contribution is 0.304. The molecule has 106 valence electrons. The van der Waals surface area contributed by atoms with E-state index in [1.807, 2.05) is 37.3 Å². The molecule has 2 heterocycles. The topological polar surface area (TPSA) is 59.9 Å². The van der Waals surface area contributed by atoms with Crippen LogP contribution in [0.3, 0.4) is 0 Å². The number of hydrogen-bond acceptors (Lipinski definition) is 5. The zero-order valence-electron chi connectivity index (χ0n) is 11.8. The number of pyridine rings is 1. The molecule has 5 heteroatoms. The van der Waals surface area contributed by atoms with Crippen LogP contribution in [0.2, 0.25) is 0 Å². The highest BCUT2D eigenvalue weighted by Crippen LogP contribution is 2.24. The Labute approximate surface area is 123 Å². The molecule has 0 bridgehead atoms. The lowest BCUT2D eigenvalue weighted by Gasteiger charge is -2.08. The average Bonchev–Trinajstić information content (AvgIpc) is 2.54. The molecule has 0 aliphatic heterocycles. The van der Waals surface area contributed by atoms with Crippen molar-refractivity contribution in [2.75, 3.05) is 11.9 Å². The van der Waals surface area contributed by atoms with Gasteiger partial charge in [-0.25, -0.2) is 4.98 Å². The SMILES string of the molecule is CCNc1cnc(COc2cccc3ncccc23)cn1. The first-order valence-corrected chi connectivity index (χ1v) is 6.88. The second-order valence-electron chi connectivity index (χ2n) is 4.54. The Hall–Kier alpha value is -2.69. The van der Waals surface area contributed by atoms with Crippen LogP contribution < -0.4 is 10.1 Å². The number of nitrogens with zero attached hydrogens (tertiary/aromatic N) is 3. The summed E-state index contributed by atoms with van der Waals surface area (Å²) in [4.78, 5) is 12.9. The Morgan fingerprint density at radius 3 is 2.81 bits per heavy atom. The second-order valence-corrected chi connectivity index (χ2v) is 4.54. The molecule has 1 aromatic carbocycles. The Kier molecular flexibility index (Phi) is 3.91. The summed E-state index contributed by atoms with van der Waals surface area (Å²) in [5, 5.41) is 4.11. The maximum absolute atomic E-state index is 5.84. The first-order valence-electron chi connectivity index (χ1n) is 6.88. The van der Waals surface area contributed by atoms with Crippen molar-refractivity contribution in [2.24, 2.45) is 0 Å². The van der Waals surface area contributed by atoms with Gasteiger partial charge in [0, 0.05) is 18.1 Å². The van der Waals surface area contributed by atoms with Gasteiger partial charge in [-0.1, -0.05) is 6.07 Å². The summed E-state index contributed by atoms with van der Waals surface area (Å²) in [5.41, 5.74) is 1.71. The summed E-state index contributed by atoms with van der Waals surface area (Å²) in [6.45, 7) is 3.23. The number of fused-ring (bicyclic) bond motifs is 1. The largest absolute Gasteiger partial charge is 0.487 e. The van der Waals surface area contributed by atoms with Gasteiger partial charge in [-0.3, -0.25) is 9.97 Å². The Morgan fingerprint density at radius 1 is 1.05 bits per heavy atom. The highest BCUT2D eigenvalue weighted by atomic mass is 16.5. The van der Waals surface area contributed by atoms with Gasteiger partial charge in [0.15, 0.2) is 0 Å². The predicted octanol–water partition coefficient (Wildman–Crippen LogP) is 3.04. The molecule has 2 aromatic heterocycles. The van der Waals surface area contributed by atoms with Crippen molar-refractivity contribution in [1.82, 2.24) is 15.0 Å². The molecule has 3 rings (SSSR count). The molecule has 1 N–H and O–H groups in total. The van der Waals surface area contributed by atoms with Crippen molar-refractivity contribution in [3.05, 3.63) is 54.6 Å². The Bertz CT molecular complexity index is 722. The first-order chi connectivity index (χ1) is 10.4. The lowest BCUT2D eigenvalue weighted by Crippen LogP contribution is -2.03. The molecule has 5 nitrogen and oxygen atoms in total. The van der Waals surface area contributed by atoms with Crippen molar-refractivity contribution in [3.8, 4) is 5.75 Å². The lowest BCUT2D eigenvalue weighted by atomic mass is 10.2. The summed E-state index contributed by atoms with van der Waals surface area (Å²) >= 11 is 0. The van der Waals surface area contributed by atoms with Crippen LogP contribution in [-0.4, -0.2) is 21.5 Å². The van der Waals surface area contributed by atoms with Crippen molar-refractivity contribution < 1.29 is 4.74 Å². The van der Waals surface area contributed by atoms with Crippen molar-refractivity contribution in [3.63, 3.8) is 0 Å². The Morgan fingerprint density at radius 2 is 2.00 bits per heavy atom. The number of benzene rings is 1. The standard InChI is InChI=1S/C16H16N4O/c1-2-17-16-10-19-12(9-20-16)11-21-15-7-3-6-14-13(15)5-4-8-18-14/h3-10H,2,11H2,1H3,(H,17,20). The third kappa shape index (κ3) is 3.08. The van der Waals surface area contributed by atoms with Crippen molar-refractivity contribution >= 4 is 16.7 Å². The highest BCUT2D eigenvalue weighted by Gasteiger charge is 2.03. The maximum Gasteiger partial charge on any atom is 0.144 e. The van der Waals surface area contributed by atoms with Crippen LogP contribution in [0, 0.1) is 0 Å². The molecule has 0 fully saturated rings. The highest BCUT2D eigenvalue weighted by molar-refractivity contribution is 5.84. The van der Waals surface area contributed by atoms with E-state index in [1.165, 1.54) is 0 Å². The van der Waals surface area contributed by atoms with Gasteiger partial charge in [-0.2, -0.15) is 0 Å². The van der Waals surface area contributed by atoms with Gasteiger partial charge in [0.05, 0.1) is 23.6 Å². The van der Waals surface area contributed by atoms with E-state index >= 15 is 0 Å². The predicted molar refractivity (Wildman–Crippen MR) is 82.3 cm³/mol. The van der Waals surface area contributed by atoms with E-state index in [9.17, 15) is 0 Å². The number of hydrogen-bond donors (Lipinski definition) is 1. The molecular weight excluding hydrogens is 264 g/mol. The minimum atomic E-state index is 0.382. The average molecular weight is 280 g/mol. The van der Waals surface area contributed by atoms with Crippen LogP contribution in [0.15, 0.2) is 48.9 Å². The van der Waals surface area contributed by atoms with E-state index in [4.69, 9.17) is 4.74 Å². The van der Waals surface area contributed by atoms with Crippen LogP contribution in [0.4, 0.5) is 5.82 Å². The van der Waals surface area contributed by atoms with E-state index in [1.54, 1.807) is 18.6 Å². The molecule has 0 spiro atoms. The minimum Gasteiger partial charge on any atom is -0.487 e. The van der Waals surface area contributed by atoms with Gasteiger partial charge in [0.2, 0.25) is 0 Å². The molecule has 0 saturated carbocycles. The third-order valence-corrected chi connectivity index (χ3v) is 3.04. The zero-order valence-corrected chi connectivity index (χ0v) is 11.8. The monoisotopic (exact) mass is 280 g/mol. The smallest absolute Gasteiger partial charge is 0.144 e. The fourth-order valence-electron chi connectivity index (χ4n) is 2.05. The van der Waals surface area contributed by atoms with Crippen LogP contribution in [-0.2, 0) is 6.61 Å². The number of aromatic nitrogens is 3. The molecule has 21 heavy (non-hydrogen) atoms. The van der Waals surface area contributed by atoms with Gasteiger partial charge in [0.25, 0.3) is 0 Å². The molecule has 0 unspecified atom stereocenters. The van der Waals surface area contributed by atoms with Crippen LogP contribution in [0.1, 0.15) is 12.6 Å². The van der Waals surface area contributed by atoms with Gasteiger partial charge in [-0.05, 0) is 31.2 Å². The molecule has 0 radical (unpaired) electrons. The summed E-state index contributed by atoms with van der Waals surface area (Å²) in [6, 6.07) is 9.74. The van der Waals surface area contributed by atoms with Gasteiger partial charge >= 0.3 is 0 Å². The molecular formula is C16H16N4O. The molecule has 0 aliphatic rings. The molecule has 3 aromatic rings. The number of rotatable bonds is 5. The quantitative estimate of drug-likeness (QED) is 0.778. The fourth-order valence-corrected chi connectivity index (χ4v) is 2.05. The molecule has 0 atom stereocenters. The molecule has 0 aliphatic carbocycles. The summed E-state index contributed by atoms with van der Waals surface area (Å²) in [6.07, 6.45) is 5.21. The van der Waals surface area contributed by atoms with Gasteiger partial charge in [0.1, 0.15) is 18.2 Å². The van der Waals surface area contributed by atoms with Gasteiger partial charge < -0.3 is 10.1 Å². The van der Waals surface area contributed by atoms with Crippen molar-refractivity contribution in [1.29, 1.82) is 0 Å². The van der Waals surface area contributed by atoms with E-state index in [2.05, 4.69) is 20.3 Å². The molecule has 0 amide bonds. The maximum atomic E-state index is 5.84. The van der Waals surface area contributed by atoms with E-state index in [0.29, 0.717) is 6.61 Å². The third-order valence-electron chi connectivity index (χ3n) is 3.04. The summed E-state index contributed by atoms with van der Waals surface area (Å²) in [7, 11) is 0. The number of nitrogens with one attached hydrogen (secondary N) is 1. The van der Waals surface area contributed by atoms with E-state index < -0.39 is 0 Å². The normalized spacial score (nSPS) is 10.5. The van der Waals surface area contributed by atoms with Crippen molar-refractivity contribution in [2.45, 2.75) is 13.5 Å². The summed E-state index contributed by atoms with van der Waals surface area (Å²) in [5.74, 6) is 1.58. The van der Waals surface area contributed by atoms with Gasteiger partial charge in [-0.15, -0.1) is 0 Å². The first kappa shape index (κ1) is 13.3.